The van der Waals surface area contributed by atoms with Gasteiger partial charge in [-0.15, -0.1) is 0 Å². The smallest absolute Gasteiger partial charge is 0.311 e. The van der Waals surface area contributed by atoms with E-state index in [1.165, 1.54) is 0 Å². The molecular weight excluding hydrogens is 266 g/mol. The maximum absolute atomic E-state index is 10.7. The highest BCUT2D eigenvalue weighted by Crippen LogP contribution is 2.22. The molecule has 19 heavy (non-hydrogen) atoms. The van der Waals surface area contributed by atoms with E-state index in [4.69, 9.17) is 16.7 Å². The molecule has 0 radical (unpaired) electrons. The summed E-state index contributed by atoms with van der Waals surface area (Å²) >= 11 is 5.85. The molecule has 0 aliphatic rings. The molecular formula is C13H14ClN3O2. The first-order valence-electron chi connectivity index (χ1n) is 5.90. The molecule has 0 spiro atoms. The summed E-state index contributed by atoms with van der Waals surface area (Å²) in [6.45, 7) is 3.94. The van der Waals surface area contributed by atoms with Crippen molar-refractivity contribution in [1.82, 2.24) is 14.8 Å². The Kier molecular flexibility index (Phi) is 3.85. The van der Waals surface area contributed by atoms with Gasteiger partial charge >= 0.3 is 5.97 Å². The second-order valence-corrected chi connectivity index (χ2v) is 4.90. The molecule has 0 atom stereocenters. The number of aromatic nitrogens is 3. The third-order valence-corrected chi connectivity index (χ3v) is 2.83. The summed E-state index contributed by atoms with van der Waals surface area (Å²) in [7, 11) is 0. The predicted molar refractivity (Wildman–Crippen MR) is 72.2 cm³/mol. The Hall–Kier alpha value is -1.88. The van der Waals surface area contributed by atoms with Gasteiger partial charge in [0, 0.05) is 16.6 Å². The molecule has 5 nitrogen and oxygen atoms in total. The zero-order valence-corrected chi connectivity index (χ0v) is 11.4. The molecule has 0 saturated heterocycles. The summed E-state index contributed by atoms with van der Waals surface area (Å²) in [6, 6.07) is 7.33. The summed E-state index contributed by atoms with van der Waals surface area (Å²) < 4.78 is 1.72. The molecule has 2 rings (SSSR count). The molecule has 6 heteroatoms. The van der Waals surface area contributed by atoms with Crippen LogP contribution in [0.15, 0.2) is 24.3 Å². The largest absolute Gasteiger partial charge is 0.481 e. The van der Waals surface area contributed by atoms with E-state index in [-0.39, 0.29) is 12.5 Å². The average Bonchev–Trinajstić information content (AvgIpc) is 2.73. The fourth-order valence-corrected chi connectivity index (χ4v) is 1.86. The van der Waals surface area contributed by atoms with Crippen molar-refractivity contribution in [2.45, 2.75) is 26.3 Å². The lowest BCUT2D eigenvalue weighted by molar-refractivity contribution is -0.136. The van der Waals surface area contributed by atoms with E-state index >= 15 is 0 Å². The number of aliphatic carboxylic acids is 1. The molecule has 0 fully saturated rings. The Balaban J connectivity index is 2.45. The third-order valence-electron chi connectivity index (χ3n) is 2.58. The Morgan fingerprint density at radius 2 is 2.00 bits per heavy atom. The molecule has 0 aliphatic carbocycles. The van der Waals surface area contributed by atoms with Crippen molar-refractivity contribution in [3.05, 3.63) is 35.1 Å². The van der Waals surface area contributed by atoms with Crippen LogP contribution in [0, 0.1) is 0 Å². The van der Waals surface area contributed by atoms with Crippen molar-refractivity contribution in [2.24, 2.45) is 0 Å². The maximum Gasteiger partial charge on any atom is 0.311 e. The summed E-state index contributed by atoms with van der Waals surface area (Å²) in [6.07, 6.45) is -0.180. The number of halogens is 1. The van der Waals surface area contributed by atoms with Crippen molar-refractivity contribution < 1.29 is 9.90 Å². The Labute approximate surface area is 115 Å². The first kappa shape index (κ1) is 13.5. The van der Waals surface area contributed by atoms with Crippen molar-refractivity contribution in [3.63, 3.8) is 0 Å². The van der Waals surface area contributed by atoms with Gasteiger partial charge in [-0.05, 0) is 38.1 Å². The number of carboxylic acid groups (broad SMARTS) is 1. The molecule has 0 bridgehead atoms. The lowest BCUT2D eigenvalue weighted by atomic mass is 10.2. The van der Waals surface area contributed by atoms with Gasteiger partial charge in [0.25, 0.3) is 0 Å². The van der Waals surface area contributed by atoms with Crippen LogP contribution >= 0.6 is 11.6 Å². The molecule has 0 unspecified atom stereocenters. The number of hydrogen-bond acceptors (Lipinski definition) is 3. The molecule has 1 aromatic heterocycles. The first-order valence-corrected chi connectivity index (χ1v) is 6.28. The lowest BCUT2D eigenvalue weighted by Gasteiger charge is -2.09. The number of benzene rings is 1. The number of carbonyl (C=O) groups is 1. The van der Waals surface area contributed by atoms with Gasteiger partial charge in [-0.2, -0.15) is 5.10 Å². The second-order valence-electron chi connectivity index (χ2n) is 4.47. The Morgan fingerprint density at radius 1 is 1.37 bits per heavy atom. The predicted octanol–water partition coefficient (Wildman–Crippen LogP) is 2.81. The number of rotatable bonds is 4. The van der Waals surface area contributed by atoms with E-state index in [2.05, 4.69) is 10.1 Å². The van der Waals surface area contributed by atoms with Crippen molar-refractivity contribution >= 4 is 17.6 Å². The zero-order valence-electron chi connectivity index (χ0n) is 10.7. The Morgan fingerprint density at radius 3 is 2.53 bits per heavy atom. The van der Waals surface area contributed by atoms with E-state index in [9.17, 15) is 4.79 Å². The monoisotopic (exact) mass is 279 g/mol. The number of nitrogens with zero attached hydrogens (tertiary/aromatic N) is 3. The number of carboxylic acids is 1. The minimum atomic E-state index is -0.941. The maximum atomic E-state index is 10.7. The van der Waals surface area contributed by atoms with E-state index in [0.29, 0.717) is 16.7 Å². The minimum absolute atomic E-state index is 0.0979. The SMILES string of the molecule is CC(C)n1nc(CC(=O)O)nc1-c1ccc(Cl)cc1. The van der Waals surface area contributed by atoms with Crippen LogP contribution in [0.5, 0.6) is 0 Å². The summed E-state index contributed by atoms with van der Waals surface area (Å²) in [4.78, 5) is 15.0. The topological polar surface area (TPSA) is 68.0 Å². The quantitative estimate of drug-likeness (QED) is 0.934. The van der Waals surface area contributed by atoms with Gasteiger partial charge in [0.1, 0.15) is 6.42 Å². The highest BCUT2D eigenvalue weighted by atomic mass is 35.5. The highest BCUT2D eigenvalue weighted by Gasteiger charge is 2.15. The summed E-state index contributed by atoms with van der Waals surface area (Å²) in [5.41, 5.74) is 0.863. The van der Waals surface area contributed by atoms with Crippen molar-refractivity contribution in [3.8, 4) is 11.4 Å². The fourth-order valence-electron chi connectivity index (χ4n) is 1.73. The van der Waals surface area contributed by atoms with Crippen LogP contribution in [0.1, 0.15) is 25.7 Å². The lowest BCUT2D eigenvalue weighted by Crippen LogP contribution is -2.06. The van der Waals surface area contributed by atoms with Crippen LogP contribution in [0.25, 0.3) is 11.4 Å². The normalized spacial score (nSPS) is 10.9. The van der Waals surface area contributed by atoms with Gasteiger partial charge in [0.2, 0.25) is 0 Å². The standard InChI is InChI=1S/C13H14ClN3O2/c1-8(2)17-13(9-3-5-10(14)6-4-9)15-11(16-17)7-12(18)19/h3-6,8H,7H2,1-2H3,(H,18,19). The molecule has 1 heterocycles. The fraction of sp³-hybridized carbons (Fsp3) is 0.308. The van der Waals surface area contributed by atoms with Crippen LogP contribution in [0.4, 0.5) is 0 Å². The molecule has 0 saturated carbocycles. The zero-order chi connectivity index (χ0) is 14.0. The van der Waals surface area contributed by atoms with Gasteiger partial charge in [0.15, 0.2) is 11.6 Å². The Bertz CT molecular complexity index is 590. The van der Waals surface area contributed by atoms with E-state index in [1.54, 1.807) is 16.8 Å². The van der Waals surface area contributed by atoms with Gasteiger partial charge in [-0.3, -0.25) is 4.79 Å². The van der Waals surface area contributed by atoms with Crippen LogP contribution in [-0.4, -0.2) is 25.8 Å². The van der Waals surface area contributed by atoms with E-state index in [0.717, 1.165) is 5.56 Å². The van der Waals surface area contributed by atoms with Crippen LogP contribution < -0.4 is 0 Å². The molecule has 1 aromatic carbocycles. The molecule has 1 N–H and O–H groups in total. The van der Waals surface area contributed by atoms with Gasteiger partial charge < -0.3 is 5.11 Å². The highest BCUT2D eigenvalue weighted by molar-refractivity contribution is 6.30. The molecule has 0 amide bonds. The average molecular weight is 280 g/mol. The van der Waals surface area contributed by atoms with Crippen molar-refractivity contribution in [2.75, 3.05) is 0 Å². The summed E-state index contributed by atoms with van der Waals surface area (Å²) in [5, 5.41) is 13.7. The van der Waals surface area contributed by atoms with Gasteiger partial charge in [-0.1, -0.05) is 11.6 Å². The van der Waals surface area contributed by atoms with Gasteiger partial charge in [-0.25, -0.2) is 9.67 Å². The van der Waals surface area contributed by atoms with Crippen molar-refractivity contribution in [1.29, 1.82) is 0 Å². The summed E-state index contributed by atoms with van der Waals surface area (Å²) in [5.74, 6) is 0.0256. The molecule has 100 valence electrons. The minimum Gasteiger partial charge on any atom is -0.481 e. The van der Waals surface area contributed by atoms with Crippen LogP contribution in [0.3, 0.4) is 0 Å². The van der Waals surface area contributed by atoms with E-state index < -0.39 is 5.97 Å². The molecule has 2 aromatic rings. The van der Waals surface area contributed by atoms with Crippen LogP contribution in [-0.2, 0) is 11.2 Å². The third kappa shape index (κ3) is 3.12. The molecule has 0 aliphatic heterocycles. The number of hydrogen-bond donors (Lipinski definition) is 1. The van der Waals surface area contributed by atoms with Gasteiger partial charge in [0.05, 0.1) is 0 Å². The van der Waals surface area contributed by atoms with Crippen LogP contribution in [0.2, 0.25) is 5.02 Å². The van der Waals surface area contributed by atoms with E-state index in [1.807, 2.05) is 26.0 Å². The second kappa shape index (κ2) is 5.40. The first-order chi connectivity index (χ1) is 8.97.